The summed E-state index contributed by atoms with van der Waals surface area (Å²) in [5.74, 6) is -0.226. The number of rotatable bonds is 7. The zero-order valence-corrected chi connectivity index (χ0v) is 23.8. The van der Waals surface area contributed by atoms with Crippen LogP contribution in [0.15, 0.2) is 48.7 Å². The first-order chi connectivity index (χ1) is 18.8. The minimum absolute atomic E-state index is 0.0206. The Morgan fingerprint density at radius 1 is 1.08 bits per heavy atom. The number of hydrogen-bond donors (Lipinski definition) is 0. The molecule has 204 valence electrons. The van der Waals surface area contributed by atoms with Crippen molar-refractivity contribution in [2.45, 2.75) is 58.5 Å². The highest BCUT2D eigenvalue weighted by Gasteiger charge is 2.33. The number of aryl methyl sites for hydroxylation is 1. The summed E-state index contributed by atoms with van der Waals surface area (Å²) in [5.41, 5.74) is 3.77. The Kier molecular flexibility index (Phi) is 8.19. The van der Waals surface area contributed by atoms with Crippen molar-refractivity contribution in [1.82, 2.24) is 9.88 Å². The smallest absolute Gasteiger partial charge is 0.266 e. The Bertz CT molecular complexity index is 1510. The third-order valence-corrected chi connectivity index (χ3v) is 9.50. The summed E-state index contributed by atoms with van der Waals surface area (Å²) in [5, 5.41) is -0.0653. The lowest BCUT2D eigenvalue weighted by Crippen LogP contribution is -2.41. The van der Waals surface area contributed by atoms with Crippen LogP contribution in [0, 0.1) is 24.5 Å². The Hall–Kier alpha value is -3.03. The van der Waals surface area contributed by atoms with Crippen LogP contribution >= 0.6 is 22.9 Å². The second kappa shape index (κ2) is 11.6. The summed E-state index contributed by atoms with van der Waals surface area (Å²) < 4.78 is 35.0. The molecule has 0 saturated heterocycles. The van der Waals surface area contributed by atoms with Crippen molar-refractivity contribution in [2.75, 3.05) is 7.11 Å². The van der Waals surface area contributed by atoms with E-state index in [0.717, 1.165) is 78.0 Å². The SMILES string of the molecule is CCC1CCC(N(Cc2cc(-c3ccnc(C)c3)ccc2OC)C(=O)c2sc3c(F)ccc(F)c3c2Cl)CC1. The first kappa shape index (κ1) is 27.5. The summed E-state index contributed by atoms with van der Waals surface area (Å²) >= 11 is 7.48. The van der Waals surface area contributed by atoms with E-state index < -0.39 is 11.6 Å². The molecular weight excluding hydrogens is 538 g/mol. The van der Waals surface area contributed by atoms with Crippen LogP contribution in [0.1, 0.15) is 60.0 Å². The summed E-state index contributed by atoms with van der Waals surface area (Å²) in [7, 11) is 1.61. The second-order valence-corrected chi connectivity index (χ2v) is 11.6. The maximum Gasteiger partial charge on any atom is 0.266 e. The first-order valence-electron chi connectivity index (χ1n) is 13.3. The van der Waals surface area contributed by atoms with Gasteiger partial charge in [-0.2, -0.15) is 0 Å². The normalized spacial score (nSPS) is 17.4. The third-order valence-electron chi connectivity index (χ3n) is 7.82. The highest BCUT2D eigenvalue weighted by Crippen LogP contribution is 2.41. The number of thiophene rings is 1. The molecule has 0 N–H and O–H groups in total. The molecule has 8 heteroatoms. The van der Waals surface area contributed by atoms with Gasteiger partial charge in [0.1, 0.15) is 22.3 Å². The number of hydrogen-bond acceptors (Lipinski definition) is 4. The maximum absolute atomic E-state index is 14.6. The fraction of sp³-hybridized carbons (Fsp3) is 0.355. The molecule has 1 aliphatic rings. The second-order valence-electron chi connectivity index (χ2n) is 10.2. The summed E-state index contributed by atoms with van der Waals surface area (Å²) in [6, 6.07) is 12.0. The number of aromatic nitrogens is 1. The molecule has 2 aromatic heterocycles. The van der Waals surface area contributed by atoms with Crippen molar-refractivity contribution < 1.29 is 18.3 Å². The van der Waals surface area contributed by atoms with Gasteiger partial charge in [0.15, 0.2) is 0 Å². The van der Waals surface area contributed by atoms with Crippen molar-refractivity contribution in [3.05, 3.63) is 81.5 Å². The number of pyridine rings is 1. The molecule has 0 aliphatic heterocycles. The lowest BCUT2D eigenvalue weighted by Gasteiger charge is -2.37. The molecule has 1 amide bonds. The third kappa shape index (κ3) is 5.52. The number of ether oxygens (including phenoxy) is 1. The summed E-state index contributed by atoms with van der Waals surface area (Å²) in [4.78, 5) is 20.5. The van der Waals surface area contributed by atoms with E-state index in [0.29, 0.717) is 11.7 Å². The highest BCUT2D eigenvalue weighted by molar-refractivity contribution is 7.21. The number of carbonyl (C=O) groups is 1. The molecule has 2 heterocycles. The Morgan fingerprint density at radius 2 is 1.79 bits per heavy atom. The van der Waals surface area contributed by atoms with Gasteiger partial charge >= 0.3 is 0 Å². The van der Waals surface area contributed by atoms with E-state index in [2.05, 4.69) is 11.9 Å². The van der Waals surface area contributed by atoms with Gasteiger partial charge in [0.05, 0.1) is 22.2 Å². The van der Waals surface area contributed by atoms with E-state index in [9.17, 15) is 13.6 Å². The van der Waals surface area contributed by atoms with E-state index >= 15 is 0 Å². The van der Waals surface area contributed by atoms with Crippen LogP contribution in [-0.2, 0) is 6.54 Å². The molecule has 0 atom stereocenters. The van der Waals surface area contributed by atoms with Crippen molar-refractivity contribution in [1.29, 1.82) is 0 Å². The lowest BCUT2D eigenvalue weighted by molar-refractivity contribution is 0.0591. The average Bonchev–Trinajstić information content (AvgIpc) is 3.31. The van der Waals surface area contributed by atoms with Gasteiger partial charge in [-0.15, -0.1) is 11.3 Å². The molecule has 4 aromatic rings. The van der Waals surface area contributed by atoms with Crippen LogP contribution in [0.5, 0.6) is 5.75 Å². The van der Waals surface area contributed by atoms with E-state index in [1.165, 1.54) is 0 Å². The number of nitrogens with zero attached hydrogens (tertiary/aromatic N) is 2. The van der Waals surface area contributed by atoms with E-state index in [4.69, 9.17) is 16.3 Å². The number of amides is 1. The molecule has 0 radical (unpaired) electrons. The standard InChI is InChI=1S/C31H31ClF2N2O2S/c1-4-19-5-8-23(9-6-19)36(31(37)30-28(32)27-24(33)10-11-25(34)29(27)39-30)17-22-16-20(7-12-26(22)38-3)21-13-14-35-18(2)15-21/h7,10-16,19,23H,4-6,8-9,17H2,1-3H3. The molecule has 4 nitrogen and oxygen atoms in total. The molecule has 0 unspecified atom stereocenters. The van der Waals surface area contributed by atoms with Crippen molar-refractivity contribution in [3.8, 4) is 16.9 Å². The Labute approximate surface area is 236 Å². The summed E-state index contributed by atoms with van der Waals surface area (Å²) in [6.45, 7) is 4.43. The predicted molar refractivity (Wildman–Crippen MR) is 154 cm³/mol. The van der Waals surface area contributed by atoms with Gasteiger partial charge in [-0.25, -0.2) is 8.78 Å². The van der Waals surface area contributed by atoms with Crippen LogP contribution in [0.3, 0.4) is 0 Å². The molecule has 1 fully saturated rings. The van der Waals surface area contributed by atoms with Crippen LogP contribution < -0.4 is 4.74 Å². The lowest BCUT2D eigenvalue weighted by atomic mass is 9.83. The van der Waals surface area contributed by atoms with Crippen LogP contribution in [0.2, 0.25) is 5.02 Å². The van der Waals surface area contributed by atoms with Crippen LogP contribution in [-0.4, -0.2) is 28.9 Å². The van der Waals surface area contributed by atoms with Gasteiger partial charge in [-0.1, -0.05) is 31.0 Å². The molecule has 2 aromatic carbocycles. The number of benzene rings is 2. The molecule has 1 saturated carbocycles. The molecule has 5 rings (SSSR count). The number of carbonyl (C=O) groups excluding carboxylic acids is 1. The van der Waals surface area contributed by atoms with Gasteiger partial charge in [0.25, 0.3) is 5.91 Å². The zero-order valence-electron chi connectivity index (χ0n) is 22.3. The predicted octanol–water partition coefficient (Wildman–Crippen LogP) is 8.82. The molecule has 0 spiro atoms. The summed E-state index contributed by atoms with van der Waals surface area (Å²) in [6.07, 6.45) is 6.67. The van der Waals surface area contributed by atoms with Gasteiger partial charge in [0.2, 0.25) is 0 Å². The molecule has 1 aliphatic carbocycles. The Balaban J connectivity index is 1.56. The number of fused-ring (bicyclic) bond motifs is 1. The molecule has 0 bridgehead atoms. The van der Waals surface area contributed by atoms with Crippen LogP contribution in [0.4, 0.5) is 8.78 Å². The molecule has 39 heavy (non-hydrogen) atoms. The van der Waals surface area contributed by atoms with Gasteiger partial charge < -0.3 is 9.64 Å². The minimum atomic E-state index is -0.635. The van der Waals surface area contributed by atoms with Crippen molar-refractivity contribution >= 4 is 38.9 Å². The largest absolute Gasteiger partial charge is 0.496 e. The zero-order chi connectivity index (χ0) is 27.7. The fourth-order valence-corrected chi connectivity index (χ4v) is 7.09. The van der Waals surface area contributed by atoms with E-state index in [-0.39, 0.29) is 38.5 Å². The number of methoxy groups -OCH3 is 1. The number of halogens is 3. The average molecular weight is 569 g/mol. The monoisotopic (exact) mass is 568 g/mol. The maximum atomic E-state index is 14.6. The van der Waals surface area contributed by atoms with E-state index in [1.807, 2.05) is 42.2 Å². The Morgan fingerprint density at radius 3 is 2.46 bits per heavy atom. The van der Waals surface area contributed by atoms with Gasteiger partial charge in [-0.3, -0.25) is 9.78 Å². The van der Waals surface area contributed by atoms with E-state index in [1.54, 1.807) is 13.3 Å². The topological polar surface area (TPSA) is 42.4 Å². The first-order valence-corrected chi connectivity index (χ1v) is 14.5. The fourth-order valence-electron chi connectivity index (χ4n) is 5.59. The van der Waals surface area contributed by atoms with Crippen LogP contribution in [0.25, 0.3) is 21.2 Å². The minimum Gasteiger partial charge on any atom is -0.496 e. The van der Waals surface area contributed by atoms with Crippen molar-refractivity contribution in [3.63, 3.8) is 0 Å². The highest BCUT2D eigenvalue weighted by atomic mass is 35.5. The molecular formula is C31H31ClF2N2O2S. The van der Waals surface area contributed by atoms with Crippen molar-refractivity contribution in [2.24, 2.45) is 5.92 Å². The quantitative estimate of drug-likeness (QED) is 0.224. The van der Waals surface area contributed by atoms with Gasteiger partial charge in [-0.05, 0) is 86.1 Å². The van der Waals surface area contributed by atoms with Gasteiger partial charge in [0, 0.05) is 30.0 Å².